The summed E-state index contributed by atoms with van der Waals surface area (Å²) in [6.45, 7) is 0. The second kappa shape index (κ2) is 8.93. The summed E-state index contributed by atoms with van der Waals surface area (Å²) in [5.41, 5.74) is 2.33. The summed E-state index contributed by atoms with van der Waals surface area (Å²) < 4.78 is 41.0. The van der Waals surface area contributed by atoms with Crippen LogP contribution in [0.5, 0.6) is 0 Å². The van der Waals surface area contributed by atoms with Gasteiger partial charge >= 0.3 is 0 Å². The van der Waals surface area contributed by atoms with Crippen LogP contribution < -0.4 is 10.0 Å². The zero-order valence-electron chi connectivity index (χ0n) is 17.1. The van der Waals surface area contributed by atoms with Crippen molar-refractivity contribution in [1.29, 1.82) is 0 Å². The summed E-state index contributed by atoms with van der Waals surface area (Å²) in [7, 11) is -3.87. The highest BCUT2D eigenvalue weighted by atomic mass is 35.5. The number of rotatable bonds is 6. The van der Waals surface area contributed by atoms with E-state index in [9.17, 15) is 12.8 Å². The highest BCUT2D eigenvalue weighted by molar-refractivity contribution is 7.92. The maximum atomic E-state index is 13.4. The minimum Gasteiger partial charge on any atom is -0.340 e. The van der Waals surface area contributed by atoms with Gasteiger partial charge in [-0.05, 0) is 54.1 Å². The van der Waals surface area contributed by atoms with Gasteiger partial charge in [0.1, 0.15) is 22.8 Å². The standard InChI is InChI=1S/C22H14ClFN6O2S2/c23-18-9-10-19(29-28-18)30-34(31,32)16-7-5-15(6-8-16)27-21-20-17(11-33-22(20)26-12-25-21)13-1-3-14(24)4-2-13/h1-12H,(H,29,30)(H,25,26,27). The van der Waals surface area contributed by atoms with E-state index in [0.717, 1.165) is 21.3 Å². The van der Waals surface area contributed by atoms with Gasteiger partial charge in [-0.3, -0.25) is 4.72 Å². The maximum absolute atomic E-state index is 13.4. The number of hydrogen-bond donors (Lipinski definition) is 2. The molecule has 0 fully saturated rings. The van der Waals surface area contributed by atoms with Crippen molar-refractivity contribution in [3.05, 3.63) is 83.3 Å². The fourth-order valence-corrected chi connectivity index (χ4v) is 5.25. The number of sulfonamides is 1. The molecule has 0 amide bonds. The summed E-state index contributed by atoms with van der Waals surface area (Å²) in [6.07, 6.45) is 1.45. The molecule has 170 valence electrons. The number of hydrogen-bond acceptors (Lipinski definition) is 8. The zero-order valence-corrected chi connectivity index (χ0v) is 19.5. The molecular formula is C22H14ClFN6O2S2. The lowest BCUT2D eigenvalue weighted by atomic mass is 10.1. The van der Waals surface area contributed by atoms with Crippen molar-refractivity contribution < 1.29 is 12.8 Å². The number of fused-ring (bicyclic) bond motifs is 1. The van der Waals surface area contributed by atoms with E-state index < -0.39 is 10.0 Å². The molecule has 0 aliphatic heterocycles. The molecule has 0 aliphatic carbocycles. The van der Waals surface area contributed by atoms with Crippen LogP contribution in [0.3, 0.4) is 0 Å². The third kappa shape index (κ3) is 4.53. The van der Waals surface area contributed by atoms with Gasteiger partial charge in [0.15, 0.2) is 11.0 Å². The topological polar surface area (TPSA) is 110 Å². The Morgan fingerprint density at radius 1 is 0.912 bits per heavy atom. The van der Waals surface area contributed by atoms with Gasteiger partial charge in [-0.1, -0.05) is 23.7 Å². The molecule has 34 heavy (non-hydrogen) atoms. The summed E-state index contributed by atoms with van der Waals surface area (Å²) in [6, 6.07) is 15.2. The first kappa shape index (κ1) is 22.1. The number of halogens is 2. The Balaban J connectivity index is 1.42. The van der Waals surface area contributed by atoms with Crippen LogP contribution in [0, 0.1) is 5.82 Å². The second-order valence-corrected chi connectivity index (χ2v) is 9.98. The van der Waals surface area contributed by atoms with Gasteiger partial charge in [0.2, 0.25) is 0 Å². The van der Waals surface area contributed by atoms with Crippen LogP contribution in [0.1, 0.15) is 0 Å². The Morgan fingerprint density at radius 3 is 2.38 bits per heavy atom. The molecule has 2 N–H and O–H groups in total. The highest BCUT2D eigenvalue weighted by Crippen LogP contribution is 2.37. The first-order chi connectivity index (χ1) is 16.4. The molecule has 2 aromatic carbocycles. The van der Waals surface area contributed by atoms with Crippen LogP contribution in [-0.2, 0) is 10.0 Å². The van der Waals surface area contributed by atoms with Crippen LogP contribution in [0.25, 0.3) is 21.3 Å². The van der Waals surface area contributed by atoms with Crippen LogP contribution in [0.15, 0.2) is 77.3 Å². The Kier molecular flexibility index (Phi) is 5.82. The number of benzene rings is 2. The van der Waals surface area contributed by atoms with E-state index in [0.29, 0.717) is 11.5 Å². The van der Waals surface area contributed by atoms with Gasteiger partial charge in [0.05, 0.1) is 10.3 Å². The van der Waals surface area contributed by atoms with Crippen molar-refractivity contribution in [2.45, 2.75) is 4.90 Å². The van der Waals surface area contributed by atoms with E-state index in [4.69, 9.17) is 11.6 Å². The summed E-state index contributed by atoms with van der Waals surface area (Å²) in [5, 5.41) is 13.4. The van der Waals surface area contributed by atoms with Crippen LogP contribution >= 0.6 is 22.9 Å². The van der Waals surface area contributed by atoms with Crippen molar-refractivity contribution in [3.8, 4) is 11.1 Å². The Labute approximate surface area is 202 Å². The molecule has 0 aliphatic rings. The average molecular weight is 513 g/mol. The molecule has 8 nitrogen and oxygen atoms in total. The molecular weight excluding hydrogens is 499 g/mol. The van der Waals surface area contributed by atoms with Crippen LogP contribution in [-0.4, -0.2) is 28.6 Å². The third-order valence-corrected chi connectivity index (χ3v) is 7.28. The number of aromatic nitrogens is 4. The second-order valence-electron chi connectivity index (χ2n) is 7.05. The lowest BCUT2D eigenvalue weighted by Crippen LogP contribution is -2.14. The van der Waals surface area contributed by atoms with Crippen molar-refractivity contribution in [1.82, 2.24) is 20.2 Å². The van der Waals surface area contributed by atoms with Crippen molar-refractivity contribution in [3.63, 3.8) is 0 Å². The monoisotopic (exact) mass is 512 g/mol. The molecule has 0 atom stereocenters. The molecule has 0 saturated heterocycles. The summed E-state index contributed by atoms with van der Waals surface area (Å²) in [4.78, 5) is 9.51. The molecule has 3 heterocycles. The summed E-state index contributed by atoms with van der Waals surface area (Å²) >= 11 is 7.14. The summed E-state index contributed by atoms with van der Waals surface area (Å²) in [5.74, 6) is 0.294. The minimum absolute atomic E-state index is 0.0465. The molecule has 5 rings (SSSR count). The van der Waals surface area contributed by atoms with E-state index in [2.05, 4.69) is 30.2 Å². The van der Waals surface area contributed by atoms with E-state index in [-0.39, 0.29) is 21.7 Å². The normalized spacial score (nSPS) is 11.5. The quantitative estimate of drug-likeness (QED) is 0.310. The van der Waals surface area contributed by atoms with Gasteiger partial charge in [-0.2, -0.15) is 0 Å². The smallest absolute Gasteiger partial charge is 0.263 e. The Morgan fingerprint density at radius 2 is 1.68 bits per heavy atom. The van der Waals surface area contributed by atoms with Crippen molar-refractivity contribution >= 4 is 60.5 Å². The average Bonchev–Trinajstić information content (AvgIpc) is 3.27. The van der Waals surface area contributed by atoms with Gasteiger partial charge < -0.3 is 5.32 Å². The SMILES string of the molecule is O=S(=O)(Nc1ccc(Cl)nn1)c1ccc(Nc2ncnc3scc(-c4ccc(F)cc4)c23)cc1. The number of nitrogens with zero attached hydrogens (tertiary/aromatic N) is 4. The molecule has 0 unspecified atom stereocenters. The van der Waals surface area contributed by atoms with Crippen molar-refractivity contribution in [2.75, 3.05) is 10.0 Å². The number of anilines is 3. The number of nitrogens with one attached hydrogen (secondary N) is 2. The van der Waals surface area contributed by atoms with Crippen LogP contribution in [0.2, 0.25) is 5.15 Å². The molecule has 0 saturated carbocycles. The van der Waals surface area contributed by atoms with E-state index >= 15 is 0 Å². The molecule has 3 aromatic heterocycles. The van der Waals surface area contributed by atoms with Crippen molar-refractivity contribution in [2.24, 2.45) is 0 Å². The minimum atomic E-state index is -3.87. The van der Waals surface area contributed by atoms with Gasteiger partial charge in [0.25, 0.3) is 10.0 Å². The maximum Gasteiger partial charge on any atom is 0.263 e. The molecule has 0 bridgehead atoms. The fraction of sp³-hybridized carbons (Fsp3) is 0. The van der Waals surface area contributed by atoms with E-state index in [1.807, 2.05) is 5.38 Å². The lowest BCUT2D eigenvalue weighted by Gasteiger charge is -2.10. The zero-order chi connectivity index (χ0) is 23.7. The van der Waals surface area contributed by atoms with E-state index in [1.165, 1.54) is 54.1 Å². The third-order valence-electron chi connectivity index (χ3n) is 4.82. The van der Waals surface area contributed by atoms with Gasteiger partial charge in [0, 0.05) is 16.6 Å². The molecule has 12 heteroatoms. The predicted octanol–water partition coefficient (Wildman–Crippen LogP) is 5.49. The molecule has 0 spiro atoms. The Bertz CT molecular complexity index is 1580. The molecule has 0 radical (unpaired) electrons. The highest BCUT2D eigenvalue weighted by Gasteiger charge is 2.17. The number of thiophene rings is 1. The molecule has 5 aromatic rings. The predicted molar refractivity (Wildman–Crippen MR) is 130 cm³/mol. The first-order valence-electron chi connectivity index (χ1n) is 9.76. The van der Waals surface area contributed by atoms with E-state index in [1.54, 1.807) is 24.3 Å². The van der Waals surface area contributed by atoms with Gasteiger partial charge in [-0.25, -0.2) is 22.8 Å². The Hall–Kier alpha value is -3.67. The van der Waals surface area contributed by atoms with Crippen LogP contribution in [0.4, 0.5) is 21.7 Å². The fourth-order valence-electron chi connectivity index (χ4n) is 3.23. The lowest BCUT2D eigenvalue weighted by molar-refractivity contribution is 0.601. The largest absolute Gasteiger partial charge is 0.340 e. The first-order valence-corrected chi connectivity index (χ1v) is 12.5. The van der Waals surface area contributed by atoms with Gasteiger partial charge in [-0.15, -0.1) is 21.5 Å².